The van der Waals surface area contributed by atoms with E-state index in [1.165, 1.54) is 11.1 Å². The third-order valence-electron chi connectivity index (χ3n) is 4.12. The molecule has 0 radical (unpaired) electrons. The second kappa shape index (κ2) is 6.24. The van der Waals surface area contributed by atoms with E-state index in [-0.39, 0.29) is 17.5 Å². The molecule has 0 bridgehead atoms. The summed E-state index contributed by atoms with van der Waals surface area (Å²) in [6, 6.07) is 8.50. The molecule has 1 aliphatic carbocycles. The maximum atomic E-state index is 12.0. The molecule has 0 aliphatic heterocycles. The number of ketones is 1. The molecule has 1 aromatic heterocycles. The summed E-state index contributed by atoms with van der Waals surface area (Å²) in [5, 5.41) is 10.2. The van der Waals surface area contributed by atoms with Gasteiger partial charge < -0.3 is 11.1 Å². The number of carbonyl (C=O) groups excluding carboxylic acids is 1. The number of hydrogen-bond acceptors (Lipinski definition) is 6. The Labute approximate surface area is 134 Å². The van der Waals surface area contributed by atoms with Crippen LogP contribution in [0.1, 0.15) is 49.7 Å². The Morgan fingerprint density at radius 1 is 1.22 bits per heavy atom. The third-order valence-corrected chi connectivity index (χ3v) is 4.12. The Balaban J connectivity index is 1.76. The fourth-order valence-electron chi connectivity index (χ4n) is 2.80. The molecule has 1 aliphatic rings. The van der Waals surface area contributed by atoms with E-state index in [4.69, 9.17) is 5.73 Å². The van der Waals surface area contributed by atoms with Crippen molar-refractivity contribution in [1.82, 2.24) is 10.3 Å². The lowest BCUT2D eigenvalue weighted by molar-refractivity contribution is -0.115. The molecular weight excluding hydrogens is 292 g/mol. The molecule has 0 fully saturated rings. The molecule has 0 saturated carbocycles. The number of nitrogens with one attached hydrogen (secondary N) is 1. The molecule has 0 unspecified atom stereocenters. The molecule has 3 rings (SSSR count). The van der Waals surface area contributed by atoms with Crippen LogP contribution in [0.15, 0.2) is 40.7 Å². The summed E-state index contributed by atoms with van der Waals surface area (Å²) in [6.07, 6.45) is 2.84. The SMILES string of the molecule is CC(C)c1ccc([C@H]2CC(=O)C=C(Nc3nonc3N)C2)cc1. The van der Waals surface area contributed by atoms with Crippen LogP contribution in [0, 0.1) is 0 Å². The van der Waals surface area contributed by atoms with Gasteiger partial charge >= 0.3 is 0 Å². The van der Waals surface area contributed by atoms with E-state index < -0.39 is 0 Å². The van der Waals surface area contributed by atoms with Gasteiger partial charge in [-0.1, -0.05) is 38.1 Å². The number of rotatable bonds is 4. The van der Waals surface area contributed by atoms with E-state index in [9.17, 15) is 4.79 Å². The minimum absolute atomic E-state index is 0.0895. The Hall–Kier alpha value is -2.63. The van der Waals surface area contributed by atoms with Gasteiger partial charge in [0.15, 0.2) is 5.78 Å². The van der Waals surface area contributed by atoms with E-state index in [1.807, 2.05) is 0 Å². The first kappa shape index (κ1) is 15.3. The van der Waals surface area contributed by atoms with Gasteiger partial charge in [0.05, 0.1) is 0 Å². The quantitative estimate of drug-likeness (QED) is 0.900. The first-order valence-electron chi connectivity index (χ1n) is 7.71. The topological polar surface area (TPSA) is 94.0 Å². The summed E-state index contributed by atoms with van der Waals surface area (Å²) >= 11 is 0. The van der Waals surface area contributed by atoms with Crippen molar-refractivity contribution < 1.29 is 9.42 Å². The van der Waals surface area contributed by atoms with E-state index >= 15 is 0 Å². The minimum atomic E-state index is 0.0895. The number of nitrogens with two attached hydrogens (primary N) is 1. The predicted octanol–water partition coefficient (Wildman–Crippen LogP) is 3.22. The minimum Gasteiger partial charge on any atom is -0.378 e. The maximum Gasteiger partial charge on any atom is 0.219 e. The van der Waals surface area contributed by atoms with Crippen molar-refractivity contribution in [3.63, 3.8) is 0 Å². The van der Waals surface area contributed by atoms with Crippen molar-refractivity contribution in [2.45, 2.75) is 38.5 Å². The lowest BCUT2D eigenvalue weighted by Crippen LogP contribution is -2.17. The molecule has 1 heterocycles. The van der Waals surface area contributed by atoms with Crippen molar-refractivity contribution in [3.8, 4) is 0 Å². The molecule has 0 spiro atoms. The number of nitrogens with zero attached hydrogens (tertiary/aromatic N) is 2. The number of anilines is 2. The highest BCUT2D eigenvalue weighted by molar-refractivity contribution is 5.92. The summed E-state index contributed by atoms with van der Waals surface area (Å²) in [5.41, 5.74) is 8.89. The average molecular weight is 312 g/mol. The molecule has 1 atom stereocenters. The second-order valence-electron chi connectivity index (χ2n) is 6.19. The van der Waals surface area contributed by atoms with Gasteiger partial charge in [0.25, 0.3) is 0 Å². The van der Waals surface area contributed by atoms with Gasteiger partial charge in [-0.05, 0) is 39.7 Å². The molecule has 120 valence electrons. The fourth-order valence-corrected chi connectivity index (χ4v) is 2.80. The van der Waals surface area contributed by atoms with Crippen LogP contribution in [0.5, 0.6) is 0 Å². The molecule has 23 heavy (non-hydrogen) atoms. The van der Waals surface area contributed by atoms with Crippen molar-refractivity contribution in [1.29, 1.82) is 0 Å². The van der Waals surface area contributed by atoms with Gasteiger partial charge in [0.2, 0.25) is 11.6 Å². The Bertz CT molecular complexity index is 731. The summed E-state index contributed by atoms with van der Waals surface area (Å²) < 4.78 is 4.56. The molecule has 3 N–H and O–H groups in total. The number of aromatic nitrogens is 2. The van der Waals surface area contributed by atoms with Gasteiger partial charge in [0, 0.05) is 18.2 Å². The van der Waals surface area contributed by atoms with E-state index in [2.05, 4.69) is 58.4 Å². The molecular formula is C17H20N4O2. The number of hydrogen-bond donors (Lipinski definition) is 2. The largest absolute Gasteiger partial charge is 0.378 e. The molecule has 6 heteroatoms. The zero-order valence-electron chi connectivity index (χ0n) is 13.2. The van der Waals surface area contributed by atoms with Gasteiger partial charge in [-0.3, -0.25) is 4.79 Å². The van der Waals surface area contributed by atoms with Crippen LogP contribution in [0.2, 0.25) is 0 Å². The molecule has 2 aromatic rings. The molecule has 1 aromatic carbocycles. The zero-order valence-corrected chi connectivity index (χ0v) is 13.2. The zero-order chi connectivity index (χ0) is 16.4. The van der Waals surface area contributed by atoms with Crippen LogP contribution in [0.3, 0.4) is 0 Å². The Kier molecular flexibility index (Phi) is 4.14. The average Bonchev–Trinajstić information content (AvgIpc) is 2.92. The normalized spacial score (nSPS) is 18.1. The number of allylic oxidation sites excluding steroid dienone is 2. The van der Waals surface area contributed by atoms with Crippen molar-refractivity contribution in [3.05, 3.63) is 47.2 Å². The molecule has 6 nitrogen and oxygen atoms in total. The number of nitrogen functional groups attached to an aromatic ring is 1. The summed E-state index contributed by atoms with van der Waals surface area (Å²) in [7, 11) is 0. The first-order valence-corrected chi connectivity index (χ1v) is 7.71. The number of carbonyl (C=O) groups is 1. The van der Waals surface area contributed by atoms with Crippen LogP contribution < -0.4 is 11.1 Å². The fraction of sp³-hybridized carbons (Fsp3) is 0.353. The summed E-state index contributed by atoms with van der Waals surface area (Å²) in [6.45, 7) is 4.33. The van der Waals surface area contributed by atoms with Gasteiger partial charge in [-0.2, -0.15) is 0 Å². The lowest BCUT2D eigenvalue weighted by Gasteiger charge is -2.23. The van der Waals surface area contributed by atoms with Crippen molar-refractivity contribution in [2.75, 3.05) is 11.1 Å². The Morgan fingerprint density at radius 2 is 1.96 bits per heavy atom. The standard InChI is InChI=1S/C17H20N4O2/c1-10(2)11-3-5-12(6-4-11)13-7-14(9-15(22)8-13)19-17-16(18)20-23-21-17/h3-6,9-10,13H,7-8H2,1-2H3,(H2,18,20)(H,19,21)/t13-/m1/s1. The highest BCUT2D eigenvalue weighted by Gasteiger charge is 2.23. The van der Waals surface area contributed by atoms with Crippen LogP contribution in [-0.2, 0) is 4.79 Å². The number of benzene rings is 1. The monoisotopic (exact) mass is 312 g/mol. The van der Waals surface area contributed by atoms with Gasteiger partial charge in [0.1, 0.15) is 0 Å². The van der Waals surface area contributed by atoms with E-state index in [0.29, 0.717) is 18.2 Å². The highest BCUT2D eigenvalue weighted by atomic mass is 16.6. The van der Waals surface area contributed by atoms with Gasteiger partial charge in [-0.15, -0.1) is 0 Å². The maximum absolute atomic E-state index is 12.0. The van der Waals surface area contributed by atoms with Gasteiger partial charge in [-0.25, -0.2) is 4.63 Å². The van der Waals surface area contributed by atoms with Crippen LogP contribution in [0.25, 0.3) is 0 Å². The van der Waals surface area contributed by atoms with Crippen LogP contribution in [-0.4, -0.2) is 16.1 Å². The van der Waals surface area contributed by atoms with E-state index in [0.717, 1.165) is 12.1 Å². The highest BCUT2D eigenvalue weighted by Crippen LogP contribution is 2.33. The predicted molar refractivity (Wildman–Crippen MR) is 87.9 cm³/mol. The third kappa shape index (κ3) is 3.41. The van der Waals surface area contributed by atoms with E-state index in [1.54, 1.807) is 6.08 Å². The summed E-state index contributed by atoms with van der Waals surface area (Å²) in [5.74, 6) is 1.27. The summed E-state index contributed by atoms with van der Waals surface area (Å²) in [4.78, 5) is 12.0. The first-order chi connectivity index (χ1) is 11.0. The van der Waals surface area contributed by atoms with Crippen molar-refractivity contribution >= 4 is 17.4 Å². The van der Waals surface area contributed by atoms with Crippen LogP contribution in [0.4, 0.5) is 11.6 Å². The lowest BCUT2D eigenvalue weighted by atomic mass is 9.84. The van der Waals surface area contributed by atoms with Crippen molar-refractivity contribution in [2.24, 2.45) is 0 Å². The Morgan fingerprint density at radius 3 is 2.57 bits per heavy atom. The smallest absolute Gasteiger partial charge is 0.219 e. The molecule has 0 saturated heterocycles. The van der Waals surface area contributed by atoms with Crippen LogP contribution >= 0.6 is 0 Å². The molecule has 0 amide bonds. The second-order valence-corrected chi connectivity index (χ2v) is 6.19.